The number of rotatable bonds is 16. The van der Waals surface area contributed by atoms with Crippen LogP contribution in [-0.2, 0) is 19.2 Å². The molecule has 12 heteroatoms. The van der Waals surface area contributed by atoms with Gasteiger partial charge in [-0.2, -0.15) is 23.5 Å². The molecule has 0 saturated carbocycles. The Balaban J connectivity index is 5.41. The fraction of sp³-hybridized carbons (Fsp3) is 0.789. The molecule has 0 aliphatic heterocycles. The standard InChI is InChI=1S/C19H36N4O6S2/c1-5-11(2)15(23-16(25)12(20)10-24)18(27)21-13(6-8-30-3)17(26)22-14(19(28)29)7-9-31-4/h11-15,24H,5-10,20H2,1-4H3,(H,21,27)(H,22,26)(H,23,25)(H,28,29). The number of hydrogen-bond acceptors (Lipinski definition) is 8. The lowest BCUT2D eigenvalue weighted by Crippen LogP contribution is -2.59. The zero-order chi connectivity index (χ0) is 24.0. The molecule has 0 saturated heterocycles. The summed E-state index contributed by atoms with van der Waals surface area (Å²) in [5.74, 6) is -2.09. The summed E-state index contributed by atoms with van der Waals surface area (Å²) < 4.78 is 0. The number of amides is 3. The van der Waals surface area contributed by atoms with E-state index >= 15 is 0 Å². The van der Waals surface area contributed by atoms with Crippen LogP contribution in [-0.4, -0.2) is 88.7 Å². The van der Waals surface area contributed by atoms with Crippen molar-refractivity contribution in [3.8, 4) is 0 Å². The molecule has 0 rings (SSSR count). The van der Waals surface area contributed by atoms with Crippen molar-refractivity contribution in [3.05, 3.63) is 0 Å². The molecule has 0 aliphatic rings. The van der Waals surface area contributed by atoms with Crippen LogP contribution in [0.25, 0.3) is 0 Å². The molecule has 3 amide bonds. The maximum Gasteiger partial charge on any atom is 0.326 e. The Kier molecular flexibility index (Phi) is 15.4. The minimum Gasteiger partial charge on any atom is -0.480 e. The van der Waals surface area contributed by atoms with Crippen LogP contribution in [0.4, 0.5) is 0 Å². The average Bonchev–Trinajstić information content (AvgIpc) is 2.75. The highest BCUT2D eigenvalue weighted by Crippen LogP contribution is 2.10. The first-order valence-corrected chi connectivity index (χ1v) is 12.9. The fourth-order valence-corrected chi connectivity index (χ4v) is 3.52. The van der Waals surface area contributed by atoms with E-state index in [2.05, 4.69) is 16.0 Å². The number of carbonyl (C=O) groups is 4. The molecule has 31 heavy (non-hydrogen) atoms. The van der Waals surface area contributed by atoms with Crippen molar-refractivity contribution in [3.63, 3.8) is 0 Å². The monoisotopic (exact) mass is 480 g/mol. The molecule has 180 valence electrons. The first kappa shape index (κ1) is 29.5. The Morgan fingerprint density at radius 3 is 1.87 bits per heavy atom. The minimum atomic E-state index is -1.16. The number of aliphatic hydroxyl groups excluding tert-OH is 1. The van der Waals surface area contributed by atoms with Crippen molar-refractivity contribution in [1.29, 1.82) is 0 Å². The third-order valence-electron chi connectivity index (χ3n) is 4.80. The summed E-state index contributed by atoms with van der Waals surface area (Å²) in [5.41, 5.74) is 5.53. The molecule has 10 nitrogen and oxygen atoms in total. The summed E-state index contributed by atoms with van der Waals surface area (Å²) >= 11 is 2.96. The van der Waals surface area contributed by atoms with E-state index in [0.29, 0.717) is 24.3 Å². The lowest BCUT2D eigenvalue weighted by atomic mass is 9.97. The van der Waals surface area contributed by atoms with E-state index in [-0.39, 0.29) is 12.3 Å². The number of nitrogens with two attached hydrogens (primary N) is 1. The van der Waals surface area contributed by atoms with Crippen molar-refractivity contribution in [2.24, 2.45) is 11.7 Å². The van der Waals surface area contributed by atoms with Gasteiger partial charge in [-0.15, -0.1) is 0 Å². The number of thioether (sulfide) groups is 2. The molecule has 0 heterocycles. The van der Waals surface area contributed by atoms with Gasteiger partial charge in [0.2, 0.25) is 17.7 Å². The normalized spacial score (nSPS) is 15.8. The van der Waals surface area contributed by atoms with Crippen molar-refractivity contribution < 1.29 is 29.4 Å². The molecule has 0 aromatic carbocycles. The van der Waals surface area contributed by atoms with Crippen LogP contribution >= 0.6 is 23.5 Å². The van der Waals surface area contributed by atoms with E-state index in [1.54, 1.807) is 6.92 Å². The molecule has 0 radical (unpaired) electrons. The number of aliphatic carboxylic acids is 1. The van der Waals surface area contributed by atoms with E-state index in [1.807, 2.05) is 19.4 Å². The first-order valence-electron chi connectivity index (χ1n) is 10.1. The second-order valence-electron chi connectivity index (χ2n) is 7.18. The molecule has 7 N–H and O–H groups in total. The number of nitrogens with one attached hydrogen (secondary N) is 3. The Labute approximate surface area is 192 Å². The molecule has 0 aromatic rings. The van der Waals surface area contributed by atoms with Gasteiger partial charge in [0.25, 0.3) is 0 Å². The molecule has 0 aromatic heterocycles. The maximum atomic E-state index is 12.9. The van der Waals surface area contributed by atoms with Gasteiger partial charge in [-0.1, -0.05) is 20.3 Å². The number of carboxylic acids is 1. The van der Waals surface area contributed by atoms with Crippen LogP contribution in [0.15, 0.2) is 0 Å². The molecular weight excluding hydrogens is 444 g/mol. The van der Waals surface area contributed by atoms with Gasteiger partial charge in [-0.3, -0.25) is 14.4 Å². The van der Waals surface area contributed by atoms with Gasteiger partial charge < -0.3 is 31.9 Å². The van der Waals surface area contributed by atoms with Gasteiger partial charge in [-0.25, -0.2) is 4.79 Å². The van der Waals surface area contributed by atoms with E-state index in [4.69, 9.17) is 10.8 Å². The first-order chi connectivity index (χ1) is 14.6. The van der Waals surface area contributed by atoms with Crippen LogP contribution < -0.4 is 21.7 Å². The maximum absolute atomic E-state index is 12.9. The van der Waals surface area contributed by atoms with Crippen LogP contribution in [0.3, 0.4) is 0 Å². The van der Waals surface area contributed by atoms with Gasteiger partial charge in [0.15, 0.2) is 0 Å². The van der Waals surface area contributed by atoms with Crippen molar-refractivity contribution in [2.45, 2.75) is 57.3 Å². The highest BCUT2D eigenvalue weighted by Gasteiger charge is 2.32. The quantitative estimate of drug-likeness (QED) is 0.169. The summed E-state index contributed by atoms with van der Waals surface area (Å²) in [6.07, 6.45) is 4.83. The smallest absolute Gasteiger partial charge is 0.326 e. The summed E-state index contributed by atoms with van der Waals surface area (Å²) in [7, 11) is 0. The topological polar surface area (TPSA) is 171 Å². The van der Waals surface area contributed by atoms with Crippen molar-refractivity contribution in [2.75, 3.05) is 30.6 Å². The van der Waals surface area contributed by atoms with E-state index in [9.17, 15) is 24.3 Å². The number of carbonyl (C=O) groups excluding carboxylic acids is 3. The highest BCUT2D eigenvalue weighted by molar-refractivity contribution is 7.98. The van der Waals surface area contributed by atoms with Gasteiger partial charge in [0.05, 0.1) is 6.61 Å². The van der Waals surface area contributed by atoms with Gasteiger partial charge in [0.1, 0.15) is 24.2 Å². The molecule has 0 spiro atoms. The van der Waals surface area contributed by atoms with E-state index < -0.39 is 54.5 Å². The fourth-order valence-electron chi connectivity index (χ4n) is 2.58. The zero-order valence-corrected chi connectivity index (χ0v) is 20.2. The number of hydrogen-bond donors (Lipinski definition) is 6. The summed E-state index contributed by atoms with van der Waals surface area (Å²) in [6, 6.07) is -4.12. The average molecular weight is 481 g/mol. The van der Waals surface area contributed by atoms with Gasteiger partial charge in [0, 0.05) is 0 Å². The van der Waals surface area contributed by atoms with Gasteiger partial charge in [-0.05, 0) is 42.8 Å². The van der Waals surface area contributed by atoms with Gasteiger partial charge >= 0.3 is 5.97 Å². The Bertz CT molecular complexity index is 596. The Hall–Kier alpha value is -1.50. The molecule has 0 bridgehead atoms. The number of carboxylic acid groups (broad SMARTS) is 1. The molecule has 5 unspecified atom stereocenters. The molecule has 0 fully saturated rings. The van der Waals surface area contributed by atoms with Crippen LogP contribution in [0, 0.1) is 5.92 Å². The summed E-state index contributed by atoms with van der Waals surface area (Å²) in [5, 5.41) is 26.1. The third-order valence-corrected chi connectivity index (χ3v) is 6.08. The lowest BCUT2D eigenvalue weighted by Gasteiger charge is -2.27. The van der Waals surface area contributed by atoms with E-state index in [1.165, 1.54) is 23.5 Å². The number of aliphatic hydroxyl groups is 1. The van der Waals surface area contributed by atoms with E-state index in [0.717, 1.165) is 0 Å². The molecular formula is C19H36N4O6S2. The molecule has 0 aliphatic carbocycles. The van der Waals surface area contributed by atoms with Crippen molar-refractivity contribution >= 4 is 47.2 Å². The van der Waals surface area contributed by atoms with Crippen molar-refractivity contribution in [1.82, 2.24) is 16.0 Å². The predicted octanol–water partition coefficient (Wildman–Crippen LogP) is -0.603. The summed E-state index contributed by atoms with van der Waals surface area (Å²) in [6.45, 7) is 3.06. The van der Waals surface area contributed by atoms with Crippen LogP contribution in [0.2, 0.25) is 0 Å². The second kappa shape index (κ2) is 16.2. The largest absolute Gasteiger partial charge is 0.480 e. The molecule has 5 atom stereocenters. The Morgan fingerprint density at radius 2 is 1.42 bits per heavy atom. The minimum absolute atomic E-state index is 0.257. The van der Waals surface area contributed by atoms with Crippen LogP contribution in [0.1, 0.15) is 33.1 Å². The SMILES string of the molecule is CCC(C)C(NC(=O)C(N)CO)C(=O)NC(CCSC)C(=O)NC(CCSC)C(=O)O. The Morgan fingerprint density at radius 1 is 0.903 bits per heavy atom. The highest BCUT2D eigenvalue weighted by atomic mass is 32.2. The third kappa shape index (κ3) is 11.1. The lowest BCUT2D eigenvalue weighted by molar-refractivity contribution is -0.142. The summed E-state index contributed by atoms with van der Waals surface area (Å²) in [4.78, 5) is 49.2. The predicted molar refractivity (Wildman–Crippen MR) is 124 cm³/mol. The second-order valence-corrected chi connectivity index (χ2v) is 9.16. The van der Waals surface area contributed by atoms with Crippen LogP contribution in [0.5, 0.6) is 0 Å². The zero-order valence-electron chi connectivity index (χ0n) is 18.6.